The molecule has 14 heavy (non-hydrogen) atoms. The fourth-order valence-corrected chi connectivity index (χ4v) is 1.89. The fourth-order valence-electron chi connectivity index (χ4n) is 1.58. The number of nitrogens with zero attached hydrogens (tertiary/aromatic N) is 1. The summed E-state index contributed by atoms with van der Waals surface area (Å²) in [6.45, 7) is 4.88. The summed E-state index contributed by atoms with van der Waals surface area (Å²) in [6, 6.07) is 0.117. The van der Waals surface area contributed by atoms with Crippen LogP contribution in [0.3, 0.4) is 0 Å². The topological polar surface area (TPSA) is 32.3 Å². The summed E-state index contributed by atoms with van der Waals surface area (Å²) in [4.78, 5) is 13.5. The Balaban J connectivity index is 2.17. The molecule has 1 aliphatic heterocycles. The molecule has 1 heterocycles. The molecule has 2 amide bonds. The molecule has 1 rings (SSSR count). The maximum absolute atomic E-state index is 11.6. The van der Waals surface area contributed by atoms with E-state index in [1.807, 2.05) is 4.90 Å². The first-order valence-electron chi connectivity index (χ1n) is 5.25. The highest BCUT2D eigenvalue weighted by atomic mass is 32.2. The van der Waals surface area contributed by atoms with E-state index in [1.165, 1.54) is 0 Å². The normalized spacial score (nSPS) is 18.3. The number of urea groups is 1. The van der Waals surface area contributed by atoms with E-state index in [0.29, 0.717) is 0 Å². The third-order valence-corrected chi connectivity index (χ3v) is 3.27. The largest absolute Gasteiger partial charge is 0.337 e. The summed E-state index contributed by atoms with van der Waals surface area (Å²) < 4.78 is 0. The first-order chi connectivity index (χ1) is 6.74. The van der Waals surface area contributed by atoms with E-state index < -0.39 is 0 Å². The SMILES string of the molecule is CSCCNC(=O)N1CCC(C)CC1. The Hall–Kier alpha value is -0.380. The highest BCUT2D eigenvalue weighted by molar-refractivity contribution is 7.98. The van der Waals surface area contributed by atoms with Gasteiger partial charge in [-0.05, 0) is 25.0 Å². The minimum atomic E-state index is 0.117. The van der Waals surface area contributed by atoms with E-state index >= 15 is 0 Å². The third kappa shape index (κ3) is 3.78. The Morgan fingerprint density at radius 3 is 2.71 bits per heavy atom. The Kier molecular flexibility index (Phi) is 5.15. The van der Waals surface area contributed by atoms with E-state index in [-0.39, 0.29) is 6.03 Å². The van der Waals surface area contributed by atoms with Gasteiger partial charge in [0.1, 0.15) is 0 Å². The van der Waals surface area contributed by atoms with Crippen molar-refractivity contribution in [1.82, 2.24) is 10.2 Å². The predicted octanol–water partition coefficient (Wildman–Crippen LogP) is 1.79. The van der Waals surface area contributed by atoms with Gasteiger partial charge >= 0.3 is 6.03 Å². The molecule has 3 nitrogen and oxygen atoms in total. The minimum absolute atomic E-state index is 0.117. The standard InChI is InChI=1S/C10H20N2OS/c1-9-3-6-12(7-4-9)10(13)11-5-8-14-2/h9H,3-8H2,1-2H3,(H,11,13). The Bertz CT molecular complexity index is 179. The van der Waals surface area contributed by atoms with Crippen LogP contribution in [-0.4, -0.2) is 42.6 Å². The zero-order valence-electron chi connectivity index (χ0n) is 9.08. The summed E-state index contributed by atoms with van der Waals surface area (Å²) in [5.74, 6) is 1.78. The summed E-state index contributed by atoms with van der Waals surface area (Å²) >= 11 is 1.76. The van der Waals surface area contributed by atoms with Crippen LogP contribution in [0.15, 0.2) is 0 Å². The molecule has 0 aromatic rings. The van der Waals surface area contributed by atoms with Crippen LogP contribution >= 0.6 is 11.8 Å². The number of amides is 2. The van der Waals surface area contributed by atoms with Crippen LogP contribution < -0.4 is 5.32 Å². The Morgan fingerprint density at radius 1 is 1.50 bits per heavy atom. The highest BCUT2D eigenvalue weighted by Gasteiger charge is 2.19. The van der Waals surface area contributed by atoms with E-state index in [2.05, 4.69) is 18.5 Å². The lowest BCUT2D eigenvalue weighted by Crippen LogP contribution is -2.44. The van der Waals surface area contributed by atoms with Crippen molar-refractivity contribution in [1.29, 1.82) is 0 Å². The molecule has 1 saturated heterocycles. The fraction of sp³-hybridized carbons (Fsp3) is 0.900. The molecule has 1 aliphatic rings. The molecular weight excluding hydrogens is 196 g/mol. The third-order valence-electron chi connectivity index (χ3n) is 2.65. The highest BCUT2D eigenvalue weighted by Crippen LogP contribution is 2.15. The zero-order valence-corrected chi connectivity index (χ0v) is 9.90. The molecule has 0 spiro atoms. The average Bonchev–Trinajstić information content (AvgIpc) is 2.19. The average molecular weight is 216 g/mol. The van der Waals surface area contributed by atoms with Gasteiger partial charge in [0.2, 0.25) is 0 Å². The molecular formula is C10H20N2OS. The lowest BCUT2D eigenvalue weighted by Gasteiger charge is -2.30. The smallest absolute Gasteiger partial charge is 0.317 e. The molecule has 0 bridgehead atoms. The maximum Gasteiger partial charge on any atom is 0.317 e. The number of thioether (sulfide) groups is 1. The second kappa shape index (κ2) is 6.17. The van der Waals surface area contributed by atoms with Crippen LogP contribution in [0.4, 0.5) is 4.79 Å². The van der Waals surface area contributed by atoms with Crippen molar-refractivity contribution in [3.05, 3.63) is 0 Å². The number of carbonyl (C=O) groups excluding carboxylic acids is 1. The zero-order chi connectivity index (χ0) is 10.4. The lowest BCUT2D eigenvalue weighted by atomic mass is 10.00. The van der Waals surface area contributed by atoms with Crippen molar-refractivity contribution >= 4 is 17.8 Å². The van der Waals surface area contributed by atoms with Gasteiger partial charge < -0.3 is 10.2 Å². The van der Waals surface area contributed by atoms with Crippen molar-refractivity contribution in [3.8, 4) is 0 Å². The van der Waals surface area contributed by atoms with Gasteiger partial charge in [-0.25, -0.2) is 4.79 Å². The first-order valence-corrected chi connectivity index (χ1v) is 6.65. The summed E-state index contributed by atoms with van der Waals surface area (Å²) in [7, 11) is 0. The molecule has 0 radical (unpaired) electrons. The number of nitrogens with one attached hydrogen (secondary N) is 1. The van der Waals surface area contributed by atoms with Gasteiger partial charge in [0.25, 0.3) is 0 Å². The Labute approximate surface area is 90.6 Å². The Morgan fingerprint density at radius 2 is 2.14 bits per heavy atom. The van der Waals surface area contributed by atoms with Crippen LogP contribution in [0, 0.1) is 5.92 Å². The lowest BCUT2D eigenvalue weighted by molar-refractivity contribution is 0.174. The molecule has 1 N–H and O–H groups in total. The van der Waals surface area contributed by atoms with Crippen molar-refractivity contribution in [2.75, 3.05) is 31.6 Å². The molecule has 82 valence electrons. The van der Waals surface area contributed by atoms with E-state index in [0.717, 1.165) is 44.1 Å². The van der Waals surface area contributed by atoms with Gasteiger partial charge in [-0.2, -0.15) is 11.8 Å². The minimum Gasteiger partial charge on any atom is -0.337 e. The summed E-state index contributed by atoms with van der Waals surface area (Å²) in [6.07, 6.45) is 4.35. The van der Waals surface area contributed by atoms with E-state index in [9.17, 15) is 4.79 Å². The molecule has 0 aromatic carbocycles. The van der Waals surface area contributed by atoms with Crippen LogP contribution in [0.5, 0.6) is 0 Å². The van der Waals surface area contributed by atoms with E-state index in [1.54, 1.807) is 11.8 Å². The van der Waals surface area contributed by atoms with E-state index in [4.69, 9.17) is 0 Å². The maximum atomic E-state index is 11.6. The second-order valence-corrected chi connectivity index (χ2v) is 4.88. The number of carbonyl (C=O) groups is 1. The van der Waals surface area contributed by atoms with Gasteiger partial charge in [-0.15, -0.1) is 0 Å². The summed E-state index contributed by atoms with van der Waals surface area (Å²) in [5, 5.41) is 2.93. The van der Waals surface area contributed by atoms with Crippen molar-refractivity contribution in [3.63, 3.8) is 0 Å². The predicted molar refractivity (Wildman–Crippen MR) is 61.8 cm³/mol. The van der Waals surface area contributed by atoms with Gasteiger partial charge in [0, 0.05) is 25.4 Å². The number of hydrogen-bond acceptors (Lipinski definition) is 2. The number of piperidine rings is 1. The van der Waals surface area contributed by atoms with Crippen LogP contribution in [-0.2, 0) is 0 Å². The van der Waals surface area contributed by atoms with Gasteiger partial charge in [0.15, 0.2) is 0 Å². The van der Waals surface area contributed by atoms with Gasteiger partial charge in [-0.1, -0.05) is 6.92 Å². The molecule has 0 atom stereocenters. The first kappa shape index (κ1) is 11.7. The second-order valence-electron chi connectivity index (χ2n) is 3.89. The van der Waals surface area contributed by atoms with Crippen molar-refractivity contribution in [2.24, 2.45) is 5.92 Å². The van der Waals surface area contributed by atoms with Crippen molar-refractivity contribution < 1.29 is 4.79 Å². The molecule has 4 heteroatoms. The van der Waals surface area contributed by atoms with Crippen LogP contribution in [0.1, 0.15) is 19.8 Å². The molecule has 0 saturated carbocycles. The van der Waals surface area contributed by atoms with Gasteiger partial charge in [-0.3, -0.25) is 0 Å². The van der Waals surface area contributed by atoms with Crippen molar-refractivity contribution in [2.45, 2.75) is 19.8 Å². The molecule has 0 aliphatic carbocycles. The number of likely N-dealkylation sites (tertiary alicyclic amines) is 1. The van der Waals surface area contributed by atoms with Crippen LogP contribution in [0.2, 0.25) is 0 Å². The molecule has 1 fully saturated rings. The summed E-state index contributed by atoms with van der Waals surface area (Å²) in [5.41, 5.74) is 0. The quantitative estimate of drug-likeness (QED) is 0.730. The molecule has 0 aromatic heterocycles. The number of rotatable bonds is 3. The van der Waals surface area contributed by atoms with Crippen LogP contribution in [0.25, 0.3) is 0 Å². The number of hydrogen-bond donors (Lipinski definition) is 1. The monoisotopic (exact) mass is 216 g/mol. The van der Waals surface area contributed by atoms with Gasteiger partial charge in [0.05, 0.1) is 0 Å². The molecule has 0 unspecified atom stereocenters.